The zero-order valence-electron chi connectivity index (χ0n) is 21.6. The van der Waals surface area contributed by atoms with Gasteiger partial charge < -0.3 is 9.84 Å². The van der Waals surface area contributed by atoms with Crippen LogP contribution >= 0.6 is 0 Å². The standard InChI is InChI=1S/C32H33N3O3/c1-2-38-31(37)24-35-29(18-20-33-35)22-25-23-34(21-19-30(25)36)32(26-12-6-3-7-13-26,27-14-8-4-9-15-27)28-16-10-5-11-17-28/h3-18,20,22,30,36H,2,19,21,23-24H2,1H3/b25-22+. The lowest BCUT2D eigenvalue weighted by Gasteiger charge is -2.48. The van der Waals surface area contributed by atoms with Crippen molar-refractivity contribution >= 4 is 12.0 Å². The van der Waals surface area contributed by atoms with Crippen molar-refractivity contribution < 1.29 is 14.6 Å². The minimum Gasteiger partial charge on any atom is -0.465 e. The summed E-state index contributed by atoms with van der Waals surface area (Å²) in [5, 5.41) is 15.4. The van der Waals surface area contributed by atoms with E-state index in [-0.39, 0.29) is 12.5 Å². The van der Waals surface area contributed by atoms with Gasteiger partial charge in [0.25, 0.3) is 0 Å². The van der Waals surface area contributed by atoms with Crippen LogP contribution in [0.1, 0.15) is 35.7 Å². The number of piperidine rings is 1. The molecule has 1 N–H and O–H groups in total. The fourth-order valence-corrected chi connectivity index (χ4v) is 5.50. The maximum absolute atomic E-state index is 12.1. The molecule has 5 rings (SSSR count). The predicted molar refractivity (Wildman–Crippen MR) is 148 cm³/mol. The van der Waals surface area contributed by atoms with Gasteiger partial charge in [0.15, 0.2) is 0 Å². The van der Waals surface area contributed by atoms with Crippen molar-refractivity contribution in [2.45, 2.75) is 31.5 Å². The van der Waals surface area contributed by atoms with Gasteiger partial charge in [-0.25, -0.2) is 0 Å². The smallest absolute Gasteiger partial charge is 0.327 e. The number of benzene rings is 3. The summed E-state index contributed by atoms with van der Waals surface area (Å²) in [5.41, 5.74) is 4.59. The molecule has 1 atom stereocenters. The van der Waals surface area contributed by atoms with E-state index in [0.717, 1.165) is 11.3 Å². The van der Waals surface area contributed by atoms with Crippen molar-refractivity contribution in [1.82, 2.24) is 14.7 Å². The maximum atomic E-state index is 12.1. The summed E-state index contributed by atoms with van der Waals surface area (Å²) in [6.45, 7) is 3.39. The van der Waals surface area contributed by atoms with E-state index in [9.17, 15) is 9.90 Å². The average molecular weight is 508 g/mol. The van der Waals surface area contributed by atoms with Crippen molar-refractivity contribution in [2.24, 2.45) is 0 Å². The Balaban J connectivity index is 1.61. The normalized spacial score (nSPS) is 17.4. The number of aliphatic hydroxyl groups is 1. The fourth-order valence-electron chi connectivity index (χ4n) is 5.50. The molecule has 0 bridgehead atoms. The number of likely N-dealkylation sites (tertiary alicyclic amines) is 1. The van der Waals surface area contributed by atoms with Crippen LogP contribution in [0.15, 0.2) is 109 Å². The largest absolute Gasteiger partial charge is 0.465 e. The zero-order chi connectivity index (χ0) is 26.4. The van der Waals surface area contributed by atoms with Crippen LogP contribution in [0.25, 0.3) is 6.08 Å². The molecular weight excluding hydrogens is 474 g/mol. The Bertz CT molecular complexity index is 1270. The molecule has 1 aromatic heterocycles. The van der Waals surface area contributed by atoms with Crippen LogP contribution in [0.4, 0.5) is 0 Å². The second-order valence-electron chi connectivity index (χ2n) is 9.47. The van der Waals surface area contributed by atoms with E-state index in [4.69, 9.17) is 4.74 Å². The molecule has 1 unspecified atom stereocenters. The van der Waals surface area contributed by atoms with Gasteiger partial charge >= 0.3 is 5.97 Å². The third-order valence-corrected chi connectivity index (χ3v) is 7.19. The van der Waals surface area contributed by atoms with E-state index >= 15 is 0 Å². The van der Waals surface area contributed by atoms with Crippen LogP contribution in [0.3, 0.4) is 0 Å². The predicted octanol–water partition coefficient (Wildman–Crippen LogP) is 4.89. The molecule has 6 nitrogen and oxygen atoms in total. The molecule has 0 spiro atoms. The number of aromatic nitrogens is 2. The molecule has 0 radical (unpaired) electrons. The Labute approximate surface area is 223 Å². The number of rotatable bonds is 8. The van der Waals surface area contributed by atoms with Crippen LogP contribution in [0, 0.1) is 0 Å². The molecule has 1 aliphatic rings. The molecule has 194 valence electrons. The summed E-state index contributed by atoms with van der Waals surface area (Å²) in [4.78, 5) is 14.6. The van der Waals surface area contributed by atoms with Crippen molar-refractivity contribution in [3.63, 3.8) is 0 Å². The summed E-state index contributed by atoms with van der Waals surface area (Å²) in [7, 11) is 0. The van der Waals surface area contributed by atoms with Gasteiger partial charge in [-0.2, -0.15) is 5.10 Å². The van der Waals surface area contributed by atoms with Gasteiger partial charge in [-0.05, 0) is 47.8 Å². The Morgan fingerprint density at radius 3 is 2.03 bits per heavy atom. The number of esters is 1. The van der Waals surface area contributed by atoms with E-state index in [1.807, 2.05) is 30.3 Å². The first-order valence-electron chi connectivity index (χ1n) is 13.1. The van der Waals surface area contributed by atoms with Crippen molar-refractivity contribution in [2.75, 3.05) is 19.7 Å². The minimum absolute atomic E-state index is 0.0295. The second-order valence-corrected chi connectivity index (χ2v) is 9.47. The van der Waals surface area contributed by atoms with Crippen LogP contribution < -0.4 is 0 Å². The highest BCUT2D eigenvalue weighted by Crippen LogP contribution is 2.44. The van der Waals surface area contributed by atoms with E-state index < -0.39 is 11.6 Å². The summed E-state index contributed by atoms with van der Waals surface area (Å²) in [6, 6.07) is 33.6. The molecular formula is C32H33N3O3. The number of ether oxygens (including phenoxy) is 1. The van der Waals surface area contributed by atoms with Gasteiger partial charge in [0.2, 0.25) is 0 Å². The summed E-state index contributed by atoms with van der Waals surface area (Å²) in [6.07, 6.45) is 3.64. The maximum Gasteiger partial charge on any atom is 0.327 e. The molecule has 0 aliphatic carbocycles. The van der Waals surface area contributed by atoms with Crippen LogP contribution in [0.5, 0.6) is 0 Å². The molecule has 1 saturated heterocycles. The zero-order valence-corrected chi connectivity index (χ0v) is 21.6. The van der Waals surface area contributed by atoms with E-state index in [1.54, 1.807) is 17.8 Å². The highest BCUT2D eigenvalue weighted by atomic mass is 16.5. The third kappa shape index (κ3) is 5.05. The first kappa shape index (κ1) is 25.6. The van der Waals surface area contributed by atoms with Crippen LogP contribution in [-0.4, -0.2) is 51.6 Å². The first-order chi connectivity index (χ1) is 18.6. The van der Waals surface area contributed by atoms with Gasteiger partial charge in [-0.1, -0.05) is 91.0 Å². The summed E-state index contributed by atoms with van der Waals surface area (Å²) >= 11 is 0. The Kier molecular flexibility index (Phi) is 7.82. The number of aliphatic hydroxyl groups excluding tert-OH is 1. The van der Waals surface area contributed by atoms with E-state index in [2.05, 4.69) is 82.8 Å². The molecule has 38 heavy (non-hydrogen) atoms. The quantitative estimate of drug-likeness (QED) is 0.272. The lowest BCUT2D eigenvalue weighted by Crippen LogP contribution is -2.52. The number of carbonyl (C=O) groups is 1. The number of hydrogen-bond donors (Lipinski definition) is 1. The second kappa shape index (κ2) is 11.6. The topological polar surface area (TPSA) is 67.6 Å². The van der Waals surface area contributed by atoms with Gasteiger partial charge in [0.1, 0.15) is 6.54 Å². The third-order valence-electron chi connectivity index (χ3n) is 7.19. The molecule has 2 heterocycles. The monoisotopic (exact) mass is 507 g/mol. The van der Waals surface area contributed by atoms with Crippen LogP contribution in [-0.2, 0) is 21.6 Å². The fraction of sp³-hybridized carbons (Fsp3) is 0.250. The Morgan fingerprint density at radius 1 is 0.947 bits per heavy atom. The average Bonchev–Trinajstić information content (AvgIpc) is 3.39. The molecule has 1 aliphatic heterocycles. The van der Waals surface area contributed by atoms with Crippen molar-refractivity contribution in [3.05, 3.63) is 131 Å². The lowest BCUT2D eigenvalue weighted by atomic mass is 9.74. The van der Waals surface area contributed by atoms with Crippen molar-refractivity contribution in [3.8, 4) is 0 Å². The summed E-state index contributed by atoms with van der Waals surface area (Å²) < 4.78 is 6.73. The van der Waals surface area contributed by atoms with Crippen molar-refractivity contribution in [1.29, 1.82) is 0 Å². The Hall–Kier alpha value is -4.00. The van der Waals surface area contributed by atoms with Gasteiger partial charge in [-0.3, -0.25) is 14.4 Å². The number of hydrogen-bond acceptors (Lipinski definition) is 5. The number of carbonyl (C=O) groups excluding carboxylic acids is 1. The minimum atomic E-state index is -0.586. The van der Waals surface area contributed by atoms with Gasteiger partial charge in [0, 0.05) is 19.3 Å². The summed E-state index contributed by atoms with van der Waals surface area (Å²) in [5.74, 6) is -0.335. The van der Waals surface area contributed by atoms with Gasteiger partial charge in [0.05, 0.1) is 23.9 Å². The van der Waals surface area contributed by atoms with E-state index in [1.165, 1.54) is 16.7 Å². The molecule has 0 saturated carbocycles. The number of nitrogens with zero attached hydrogens (tertiary/aromatic N) is 3. The molecule has 1 fully saturated rings. The van der Waals surface area contributed by atoms with Crippen LogP contribution in [0.2, 0.25) is 0 Å². The molecule has 6 heteroatoms. The van der Waals surface area contributed by atoms with E-state index in [0.29, 0.717) is 26.1 Å². The Morgan fingerprint density at radius 2 is 1.50 bits per heavy atom. The molecule has 3 aromatic carbocycles. The molecule has 0 amide bonds. The van der Waals surface area contributed by atoms with Gasteiger partial charge in [-0.15, -0.1) is 0 Å². The first-order valence-corrected chi connectivity index (χ1v) is 13.1. The lowest BCUT2D eigenvalue weighted by molar-refractivity contribution is -0.144. The SMILES string of the molecule is CCOC(=O)Cn1nccc1/C=C1\CN(C(c2ccccc2)(c2ccccc2)c2ccccc2)CCC1O. The highest BCUT2D eigenvalue weighted by Gasteiger charge is 2.44. The highest BCUT2D eigenvalue weighted by molar-refractivity contribution is 5.69. The molecule has 4 aromatic rings.